The number of halogens is 2. The Bertz CT molecular complexity index is 44.0. The number of hydrogen-bond acceptors (Lipinski definition) is 0. The van der Waals surface area contributed by atoms with Crippen LogP contribution in [0.25, 0.3) is 0 Å². The normalized spacial score (nSPS) is 12.0. The molecule has 0 unspecified atom stereocenters. The van der Waals surface area contributed by atoms with Crippen LogP contribution in [0.5, 0.6) is 0 Å². The van der Waals surface area contributed by atoms with Crippen LogP contribution in [0.15, 0.2) is 0 Å². The fourth-order valence-corrected chi connectivity index (χ4v) is 0.177. The number of hydrogen-bond donors (Lipinski definition) is 0. The monoisotopic (exact) mass is 227 g/mol. The summed E-state index contributed by atoms with van der Waals surface area (Å²) in [6, 6.07) is 0. The maximum Gasteiger partial charge on any atom is 0.0803 e. The first-order valence-electron chi connectivity index (χ1n) is 2.29. The van der Waals surface area contributed by atoms with Gasteiger partial charge in [-0.1, -0.05) is 45.7 Å². The molecule has 0 aromatic rings. The van der Waals surface area contributed by atoms with Crippen LogP contribution in [0.3, 0.4) is 0 Å². The molecule has 0 aromatic heterocycles. The summed E-state index contributed by atoms with van der Waals surface area (Å²) >= 11 is 6.87. The highest BCUT2D eigenvalue weighted by Crippen LogP contribution is 2.32. The van der Waals surface area contributed by atoms with Gasteiger partial charge in [0.15, 0.2) is 0 Å². The first kappa shape index (κ1) is 7.96. The Morgan fingerprint density at radius 1 is 1.57 bits per heavy atom. The lowest BCUT2D eigenvalue weighted by molar-refractivity contribution is 0.806. The quantitative estimate of drug-likeness (QED) is 0.638. The van der Waals surface area contributed by atoms with E-state index in [0.717, 1.165) is 12.8 Å². The third-order valence-corrected chi connectivity index (χ3v) is 2.80. The highest BCUT2D eigenvalue weighted by Gasteiger charge is 2.15. The summed E-state index contributed by atoms with van der Waals surface area (Å²) in [5.74, 6) is 0. The molecule has 0 N–H and O–H groups in total. The van der Waals surface area contributed by atoms with E-state index < -0.39 is 0 Å². The molecule has 0 saturated heterocycles. The van der Waals surface area contributed by atoms with Crippen molar-refractivity contribution in [1.29, 1.82) is 0 Å². The highest BCUT2D eigenvalue weighted by molar-refractivity contribution is 9.25. The van der Waals surface area contributed by atoms with E-state index >= 15 is 0 Å². The topological polar surface area (TPSA) is 0 Å². The standard InChI is InChI=1S/C5H9Br2/c1-3-5(6,7)4-2/h1,3-4H2,2H3. The van der Waals surface area contributed by atoms with Gasteiger partial charge in [0.05, 0.1) is 3.23 Å². The zero-order valence-electron chi connectivity index (χ0n) is 4.38. The molecule has 0 rings (SSSR count). The van der Waals surface area contributed by atoms with Crippen molar-refractivity contribution in [2.75, 3.05) is 0 Å². The van der Waals surface area contributed by atoms with Crippen molar-refractivity contribution in [1.82, 2.24) is 0 Å². The molecule has 0 spiro atoms. The van der Waals surface area contributed by atoms with Crippen LogP contribution in [-0.4, -0.2) is 3.23 Å². The summed E-state index contributed by atoms with van der Waals surface area (Å²) in [7, 11) is 0. The van der Waals surface area contributed by atoms with Crippen LogP contribution in [0.2, 0.25) is 0 Å². The molecule has 0 saturated carbocycles. The predicted octanol–water partition coefficient (Wildman–Crippen LogP) is 3.11. The lowest BCUT2D eigenvalue weighted by Gasteiger charge is -2.13. The van der Waals surface area contributed by atoms with Gasteiger partial charge < -0.3 is 0 Å². The minimum absolute atomic E-state index is 0.0972. The van der Waals surface area contributed by atoms with Crippen molar-refractivity contribution >= 4 is 31.9 Å². The predicted molar refractivity (Wildman–Crippen MR) is 40.9 cm³/mol. The Balaban J connectivity index is 3.36. The fourth-order valence-electron chi connectivity index (χ4n) is 0.177. The van der Waals surface area contributed by atoms with E-state index in [1.165, 1.54) is 0 Å². The van der Waals surface area contributed by atoms with Crippen molar-refractivity contribution in [2.45, 2.75) is 23.0 Å². The van der Waals surface area contributed by atoms with Gasteiger partial charge in [-0.25, -0.2) is 0 Å². The molecule has 0 bridgehead atoms. The van der Waals surface area contributed by atoms with Gasteiger partial charge in [0, 0.05) is 0 Å². The first-order valence-corrected chi connectivity index (χ1v) is 3.88. The van der Waals surface area contributed by atoms with Gasteiger partial charge in [-0.05, 0) is 12.8 Å². The Hall–Kier alpha value is 0.960. The van der Waals surface area contributed by atoms with Crippen LogP contribution in [0.4, 0.5) is 0 Å². The Labute approximate surface area is 61.9 Å². The van der Waals surface area contributed by atoms with E-state index in [1.807, 2.05) is 0 Å². The summed E-state index contributed by atoms with van der Waals surface area (Å²) < 4.78 is 0.0972. The molecule has 0 heterocycles. The second-order valence-electron chi connectivity index (χ2n) is 1.46. The van der Waals surface area contributed by atoms with Gasteiger partial charge in [-0.15, -0.1) is 0 Å². The van der Waals surface area contributed by atoms with Crippen LogP contribution in [0, 0.1) is 6.92 Å². The molecule has 2 heteroatoms. The summed E-state index contributed by atoms with van der Waals surface area (Å²) in [6.45, 7) is 5.84. The van der Waals surface area contributed by atoms with E-state index in [1.54, 1.807) is 0 Å². The highest BCUT2D eigenvalue weighted by atomic mass is 79.9. The average molecular weight is 229 g/mol. The average Bonchev–Trinajstić information content (AvgIpc) is 1.68. The smallest absolute Gasteiger partial charge is 0.0727 e. The zero-order chi connectivity index (χ0) is 5.91. The summed E-state index contributed by atoms with van der Waals surface area (Å²) in [5.41, 5.74) is 0. The molecule has 0 aromatic carbocycles. The first-order chi connectivity index (χ1) is 3.12. The van der Waals surface area contributed by atoms with Gasteiger partial charge in [-0.3, -0.25) is 0 Å². The zero-order valence-corrected chi connectivity index (χ0v) is 7.55. The Kier molecular flexibility index (Phi) is 3.50. The van der Waals surface area contributed by atoms with Crippen LogP contribution < -0.4 is 0 Å². The summed E-state index contributed by atoms with van der Waals surface area (Å²) in [4.78, 5) is 0. The second kappa shape index (κ2) is 3.08. The fraction of sp³-hybridized carbons (Fsp3) is 0.800. The number of alkyl halides is 2. The largest absolute Gasteiger partial charge is 0.0803 e. The Morgan fingerprint density at radius 3 is 2.00 bits per heavy atom. The van der Waals surface area contributed by atoms with E-state index in [0.29, 0.717) is 0 Å². The SMILES string of the molecule is [CH2]CC(Br)(Br)CC. The van der Waals surface area contributed by atoms with Crippen molar-refractivity contribution < 1.29 is 0 Å². The molecule has 0 aliphatic heterocycles. The van der Waals surface area contributed by atoms with Crippen molar-refractivity contribution in [2.24, 2.45) is 0 Å². The maximum atomic E-state index is 3.73. The molecule has 0 aliphatic carbocycles. The molecular formula is C5H9Br2. The minimum Gasteiger partial charge on any atom is -0.0727 e. The van der Waals surface area contributed by atoms with E-state index in [2.05, 4.69) is 45.7 Å². The van der Waals surface area contributed by atoms with Crippen LogP contribution in [0.1, 0.15) is 19.8 Å². The third-order valence-electron chi connectivity index (χ3n) is 0.883. The maximum absolute atomic E-state index is 3.73. The van der Waals surface area contributed by atoms with Crippen molar-refractivity contribution in [3.8, 4) is 0 Å². The molecule has 0 amide bonds. The van der Waals surface area contributed by atoms with Crippen LogP contribution >= 0.6 is 31.9 Å². The van der Waals surface area contributed by atoms with E-state index in [9.17, 15) is 0 Å². The molecule has 1 radical (unpaired) electrons. The lowest BCUT2D eigenvalue weighted by atomic mass is 10.3. The molecule has 0 aliphatic rings. The van der Waals surface area contributed by atoms with Crippen LogP contribution in [-0.2, 0) is 0 Å². The summed E-state index contributed by atoms with van der Waals surface area (Å²) in [6.07, 6.45) is 1.94. The van der Waals surface area contributed by atoms with Crippen molar-refractivity contribution in [3.63, 3.8) is 0 Å². The van der Waals surface area contributed by atoms with Gasteiger partial charge in [0.1, 0.15) is 0 Å². The van der Waals surface area contributed by atoms with Gasteiger partial charge in [0.2, 0.25) is 0 Å². The number of rotatable bonds is 2. The third kappa shape index (κ3) is 3.53. The minimum atomic E-state index is 0.0972. The van der Waals surface area contributed by atoms with E-state index in [4.69, 9.17) is 0 Å². The molecular weight excluding hydrogens is 220 g/mol. The van der Waals surface area contributed by atoms with Gasteiger partial charge in [-0.2, -0.15) is 0 Å². The lowest BCUT2D eigenvalue weighted by Crippen LogP contribution is -2.05. The molecule has 7 heavy (non-hydrogen) atoms. The molecule has 0 nitrogen and oxygen atoms in total. The molecule has 0 fully saturated rings. The molecule has 0 atom stereocenters. The summed E-state index contributed by atoms with van der Waals surface area (Å²) in [5, 5.41) is 0. The Morgan fingerprint density at radius 2 is 2.00 bits per heavy atom. The van der Waals surface area contributed by atoms with Gasteiger partial charge in [0.25, 0.3) is 0 Å². The van der Waals surface area contributed by atoms with Gasteiger partial charge >= 0.3 is 0 Å². The second-order valence-corrected chi connectivity index (χ2v) is 5.56. The van der Waals surface area contributed by atoms with Crippen molar-refractivity contribution in [3.05, 3.63) is 6.92 Å². The molecule has 43 valence electrons. The van der Waals surface area contributed by atoms with E-state index in [-0.39, 0.29) is 3.23 Å².